The molecule has 3 heterocycles. The molecule has 6 rings (SSSR count). The van der Waals surface area contributed by atoms with Gasteiger partial charge >= 0.3 is 0 Å². The first kappa shape index (κ1) is 15.2. The van der Waals surface area contributed by atoms with Crippen LogP contribution in [0.25, 0.3) is 43.5 Å². The highest BCUT2D eigenvalue weighted by Crippen LogP contribution is 2.41. The molecule has 1 aliphatic rings. The number of para-hydroxylation sites is 1. The van der Waals surface area contributed by atoms with Gasteiger partial charge in [-0.15, -0.1) is 0 Å². The number of carbonyl (C=O) groups is 2. The quantitative estimate of drug-likeness (QED) is 0.347. The van der Waals surface area contributed by atoms with Crippen LogP contribution >= 0.6 is 0 Å². The van der Waals surface area contributed by atoms with Crippen molar-refractivity contribution in [2.24, 2.45) is 0 Å². The predicted molar refractivity (Wildman–Crippen MR) is 107 cm³/mol. The molecule has 0 radical (unpaired) electrons. The van der Waals surface area contributed by atoms with Gasteiger partial charge in [-0.05, 0) is 18.2 Å². The van der Waals surface area contributed by atoms with E-state index in [0.29, 0.717) is 16.9 Å². The van der Waals surface area contributed by atoms with Crippen LogP contribution in [0.15, 0.2) is 48.7 Å². The number of H-pyrrole nitrogens is 1. The van der Waals surface area contributed by atoms with Crippen LogP contribution in [0.5, 0.6) is 5.75 Å². The lowest BCUT2D eigenvalue weighted by molar-refractivity contribution is 0.0880. The van der Waals surface area contributed by atoms with Crippen LogP contribution in [-0.4, -0.2) is 28.9 Å². The Balaban J connectivity index is 1.95. The number of fused-ring (bicyclic) bond motifs is 10. The fraction of sp³-hybridized carbons (Fsp3) is 0.0455. The molecule has 0 saturated carbocycles. The van der Waals surface area contributed by atoms with Crippen molar-refractivity contribution in [3.05, 3.63) is 59.8 Å². The minimum atomic E-state index is -0.371. The van der Waals surface area contributed by atoms with E-state index in [-0.39, 0.29) is 11.8 Å². The molecular weight excluding hydrogens is 354 g/mol. The van der Waals surface area contributed by atoms with Crippen LogP contribution in [0, 0.1) is 0 Å². The lowest BCUT2D eigenvalue weighted by Crippen LogP contribution is -2.20. The maximum Gasteiger partial charge on any atom is 0.259 e. The summed E-state index contributed by atoms with van der Waals surface area (Å²) < 4.78 is 5.33. The average Bonchev–Trinajstić information content (AvgIpc) is 3.24. The standard InChI is InChI=1S/C22H13N3O3/c1-28-10-6-7-12-15(8-10)24-20-13-9-23-14-5-3-2-4-11(14)16(13)18-19(17(12)20)22(27)25-21(18)26/h2-9,24H,1H3,(H,25,26,27). The Labute approximate surface area is 158 Å². The van der Waals surface area contributed by atoms with Crippen LogP contribution < -0.4 is 10.1 Å². The number of hydrogen-bond donors (Lipinski definition) is 2. The van der Waals surface area contributed by atoms with Gasteiger partial charge in [0.1, 0.15) is 5.75 Å². The van der Waals surface area contributed by atoms with E-state index >= 15 is 0 Å². The van der Waals surface area contributed by atoms with Crippen molar-refractivity contribution < 1.29 is 14.3 Å². The molecule has 0 spiro atoms. The van der Waals surface area contributed by atoms with Crippen LogP contribution in [-0.2, 0) is 0 Å². The Bertz CT molecular complexity index is 1510. The molecule has 3 aromatic carbocycles. The van der Waals surface area contributed by atoms with Gasteiger partial charge in [-0.3, -0.25) is 19.9 Å². The van der Waals surface area contributed by atoms with Gasteiger partial charge in [0.15, 0.2) is 0 Å². The summed E-state index contributed by atoms with van der Waals surface area (Å²) in [6, 6.07) is 13.3. The molecule has 0 saturated heterocycles. The number of aromatic amines is 1. The first-order valence-electron chi connectivity index (χ1n) is 8.86. The molecule has 0 aliphatic carbocycles. The Morgan fingerprint density at radius 1 is 0.893 bits per heavy atom. The number of aromatic nitrogens is 2. The van der Waals surface area contributed by atoms with Crippen LogP contribution in [0.4, 0.5) is 0 Å². The zero-order valence-corrected chi connectivity index (χ0v) is 14.8. The first-order valence-corrected chi connectivity index (χ1v) is 8.86. The van der Waals surface area contributed by atoms with Crippen molar-refractivity contribution in [1.29, 1.82) is 0 Å². The van der Waals surface area contributed by atoms with Crippen molar-refractivity contribution in [3.63, 3.8) is 0 Å². The van der Waals surface area contributed by atoms with Crippen LogP contribution in [0.3, 0.4) is 0 Å². The molecule has 2 amide bonds. The second-order valence-corrected chi connectivity index (χ2v) is 6.88. The predicted octanol–water partition coefficient (Wildman–Crippen LogP) is 3.91. The monoisotopic (exact) mass is 367 g/mol. The molecule has 2 N–H and O–H groups in total. The van der Waals surface area contributed by atoms with Gasteiger partial charge in [-0.25, -0.2) is 0 Å². The van der Waals surface area contributed by atoms with E-state index in [1.54, 1.807) is 13.3 Å². The van der Waals surface area contributed by atoms with E-state index < -0.39 is 0 Å². The molecule has 1 aliphatic heterocycles. The Kier molecular flexibility index (Phi) is 2.75. The zero-order valence-electron chi connectivity index (χ0n) is 14.8. The van der Waals surface area contributed by atoms with E-state index in [2.05, 4.69) is 15.3 Å². The summed E-state index contributed by atoms with van der Waals surface area (Å²) in [6.07, 6.45) is 1.77. The number of rotatable bonds is 1. The number of imide groups is 1. The summed E-state index contributed by atoms with van der Waals surface area (Å²) in [4.78, 5) is 33.5. The summed E-state index contributed by atoms with van der Waals surface area (Å²) in [5.74, 6) is -0.0280. The number of pyridine rings is 1. The van der Waals surface area contributed by atoms with Gasteiger partial charge in [-0.1, -0.05) is 18.2 Å². The number of hydrogen-bond acceptors (Lipinski definition) is 4. The van der Waals surface area contributed by atoms with Gasteiger partial charge in [0, 0.05) is 39.2 Å². The molecule has 134 valence electrons. The van der Waals surface area contributed by atoms with Crippen molar-refractivity contribution in [2.75, 3.05) is 7.11 Å². The maximum absolute atomic E-state index is 12.8. The van der Waals surface area contributed by atoms with Gasteiger partial charge in [0.25, 0.3) is 11.8 Å². The summed E-state index contributed by atoms with van der Waals surface area (Å²) in [6.45, 7) is 0. The van der Waals surface area contributed by atoms with E-state index in [4.69, 9.17) is 4.74 Å². The third-order valence-corrected chi connectivity index (χ3v) is 5.48. The number of nitrogens with one attached hydrogen (secondary N) is 2. The van der Waals surface area contributed by atoms with Crippen LogP contribution in [0.1, 0.15) is 20.7 Å². The molecular formula is C22H13N3O3. The molecule has 6 heteroatoms. The molecule has 5 aromatic rings. The largest absolute Gasteiger partial charge is 0.497 e. The van der Waals surface area contributed by atoms with Gasteiger partial charge in [0.05, 0.1) is 34.8 Å². The minimum Gasteiger partial charge on any atom is -0.497 e. The number of carbonyl (C=O) groups excluding carboxylic acids is 2. The summed E-state index contributed by atoms with van der Waals surface area (Å²) in [7, 11) is 1.61. The highest BCUT2D eigenvalue weighted by Gasteiger charge is 2.34. The summed E-state index contributed by atoms with van der Waals surface area (Å²) >= 11 is 0. The SMILES string of the molecule is COc1ccc2c(c1)[nH]c1c3cnc4ccccc4c3c3c(c21)C(=O)NC3=O. The van der Waals surface area contributed by atoms with Crippen LogP contribution in [0.2, 0.25) is 0 Å². The average molecular weight is 367 g/mol. The highest BCUT2D eigenvalue weighted by molar-refractivity contribution is 6.38. The number of benzene rings is 3. The summed E-state index contributed by atoms with van der Waals surface area (Å²) in [5, 5.41) is 6.48. The van der Waals surface area contributed by atoms with Gasteiger partial charge in [-0.2, -0.15) is 0 Å². The fourth-order valence-electron chi connectivity index (χ4n) is 4.30. The molecule has 0 unspecified atom stereocenters. The molecule has 2 aromatic heterocycles. The Morgan fingerprint density at radius 2 is 1.68 bits per heavy atom. The smallest absolute Gasteiger partial charge is 0.259 e. The molecule has 0 atom stereocenters. The van der Waals surface area contributed by atoms with Gasteiger partial charge < -0.3 is 9.72 Å². The number of ether oxygens (including phenoxy) is 1. The maximum atomic E-state index is 12.8. The van der Waals surface area contributed by atoms with E-state index in [1.807, 2.05) is 42.5 Å². The normalized spacial score (nSPS) is 13.6. The molecule has 0 bridgehead atoms. The highest BCUT2D eigenvalue weighted by atomic mass is 16.5. The molecule has 28 heavy (non-hydrogen) atoms. The van der Waals surface area contributed by atoms with Crippen molar-refractivity contribution in [1.82, 2.24) is 15.3 Å². The lowest BCUT2D eigenvalue weighted by Gasteiger charge is -2.09. The van der Waals surface area contributed by atoms with Gasteiger partial charge in [0.2, 0.25) is 0 Å². The van der Waals surface area contributed by atoms with Crippen molar-refractivity contribution in [2.45, 2.75) is 0 Å². The first-order chi connectivity index (χ1) is 13.7. The van der Waals surface area contributed by atoms with E-state index in [0.717, 1.165) is 43.5 Å². The number of nitrogens with zero attached hydrogens (tertiary/aromatic N) is 1. The Morgan fingerprint density at radius 3 is 2.50 bits per heavy atom. The molecule has 6 nitrogen and oxygen atoms in total. The van der Waals surface area contributed by atoms with E-state index in [1.165, 1.54) is 0 Å². The second-order valence-electron chi connectivity index (χ2n) is 6.88. The summed E-state index contributed by atoms with van der Waals surface area (Å²) in [5.41, 5.74) is 3.24. The topological polar surface area (TPSA) is 84.1 Å². The lowest BCUT2D eigenvalue weighted by atomic mass is 9.93. The fourth-order valence-corrected chi connectivity index (χ4v) is 4.30. The van der Waals surface area contributed by atoms with E-state index in [9.17, 15) is 9.59 Å². The minimum absolute atomic E-state index is 0.369. The third-order valence-electron chi connectivity index (χ3n) is 5.48. The molecule has 0 fully saturated rings. The number of methoxy groups -OCH3 is 1. The third kappa shape index (κ3) is 1.74. The van der Waals surface area contributed by atoms with Crippen molar-refractivity contribution >= 4 is 55.3 Å². The zero-order chi connectivity index (χ0) is 19.0. The second kappa shape index (κ2) is 5.07. The van der Waals surface area contributed by atoms with Crippen molar-refractivity contribution in [3.8, 4) is 5.75 Å². The number of amides is 2. The Hall–Kier alpha value is -3.93.